The number of hydrogen-bond donors (Lipinski definition) is 1. The maximum Gasteiger partial charge on any atom is 0.193 e. The van der Waals surface area contributed by atoms with Gasteiger partial charge in [-0.05, 0) is 31.3 Å². The van der Waals surface area contributed by atoms with Gasteiger partial charge in [0.15, 0.2) is 5.96 Å². The van der Waals surface area contributed by atoms with Crippen LogP contribution in [0, 0.1) is 0 Å². The Balaban J connectivity index is 1.69. The van der Waals surface area contributed by atoms with Crippen LogP contribution in [0.4, 0.5) is 0 Å². The minimum atomic E-state index is 0.694. The second-order valence-corrected chi connectivity index (χ2v) is 6.47. The first-order valence-electron chi connectivity index (χ1n) is 7.68. The highest BCUT2D eigenvalue weighted by Crippen LogP contribution is 2.17. The second kappa shape index (κ2) is 8.57. The van der Waals surface area contributed by atoms with Crippen LogP contribution in [-0.2, 0) is 0 Å². The van der Waals surface area contributed by atoms with Crippen LogP contribution in [0.2, 0.25) is 0 Å². The van der Waals surface area contributed by atoms with Crippen molar-refractivity contribution in [2.24, 2.45) is 4.99 Å². The van der Waals surface area contributed by atoms with Crippen molar-refractivity contribution in [3.8, 4) is 0 Å². The first-order chi connectivity index (χ1) is 9.85. The zero-order valence-corrected chi connectivity index (χ0v) is 13.7. The van der Waals surface area contributed by atoms with Crippen LogP contribution in [-0.4, -0.2) is 73.6 Å². The first kappa shape index (κ1) is 15.7. The van der Waals surface area contributed by atoms with E-state index in [1.54, 1.807) is 0 Å². The summed E-state index contributed by atoms with van der Waals surface area (Å²) >= 11 is 1.93. The molecule has 1 unspecified atom stereocenters. The van der Waals surface area contributed by atoms with E-state index in [1.165, 1.54) is 25.0 Å². The van der Waals surface area contributed by atoms with Crippen LogP contribution in [0.15, 0.2) is 17.1 Å². The molecule has 114 valence electrons. The molecule has 1 atom stereocenters. The molecule has 1 fully saturated rings. The third-order valence-electron chi connectivity index (χ3n) is 4.10. The number of unbranched alkanes of at least 4 members (excludes halogenated alkanes) is 1. The monoisotopic (exact) mass is 296 g/mol. The molecule has 2 heterocycles. The largest absolute Gasteiger partial charge is 0.356 e. The highest BCUT2D eigenvalue weighted by Gasteiger charge is 2.29. The predicted molar refractivity (Wildman–Crippen MR) is 89.7 cm³/mol. The zero-order chi connectivity index (χ0) is 14.2. The highest BCUT2D eigenvalue weighted by atomic mass is 32.2. The first-order valence-corrected chi connectivity index (χ1v) is 9.08. The maximum atomic E-state index is 4.44. The smallest absolute Gasteiger partial charge is 0.193 e. The van der Waals surface area contributed by atoms with Crippen molar-refractivity contribution in [3.05, 3.63) is 12.2 Å². The molecule has 0 aromatic heterocycles. The van der Waals surface area contributed by atoms with Gasteiger partial charge in [0.05, 0.1) is 0 Å². The van der Waals surface area contributed by atoms with Gasteiger partial charge in [-0.2, -0.15) is 11.8 Å². The summed E-state index contributed by atoms with van der Waals surface area (Å²) in [5.41, 5.74) is 0. The van der Waals surface area contributed by atoms with Crippen molar-refractivity contribution in [2.75, 3.05) is 51.8 Å². The standard InChI is InChI=1S/C15H28N4S/c1-16-15(17-8-3-6-12-20-2)19-11-7-14(13-19)18-9-4-5-10-18/h4-5,14H,3,6-13H2,1-2H3,(H,16,17). The number of nitrogens with zero attached hydrogens (tertiary/aromatic N) is 3. The molecule has 5 heteroatoms. The summed E-state index contributed by atoms with van der Waals surface area (Å²) in [6.45, 7) is 5.54. The van der Waals surface area contributed by atoms with Gasteiger partial charge in [0.25, 0.3) is 0 Å². The molecule has 0 aromatic rings. The Bertz CT molecular complexity index is 335. The second-order valence-electron chi connectivity index (χ2n) is 5.49. The molecule has 0 bridgehead atoms. The molecule has 1 saturated heterocycles. The van der Waals surface area contributed by atoms with Crippen LogP contribution < -0.4 is 5.32 Å². The molecule has 20 heavy (non-hydrogen) atoms. The minimum Gasteiger partial charge on any atom is -0.356 e. The molecule has 2 rings (SSSR count). The molecule has 2 aliphatic heterocycles. The van der Waals surface area contributed by atoms with E-state index in [0.717, 1.165) is 38.7 Å². The fraction of sp³-hybridized carbons (Fsp3) is 0.800. The van der Waals surface area contributed by atoms with Gasteiger partial charge in [0, 0.05) is 45.8 Å². The van der Waals surface area contributed by atoms with Gasteiger partial charge in [-0.15, -0.1) is 0 Å². The number of nitrogens with one attached hydrogen (secondary N) is 1. The van der Waals surface area contributed by atoms with Crippen molar-refractivity contribution >= 4 is 17.7 Å². The van der Waals surface area contributed by atoms with Gasteiger partial charge >= 0.3 is 0 Å². The molecule has 0 amide bonds. The Labute approximate surface area is 127 Å². The maximum absolute atomic E-state index is 4.44. The van der Waals surface area contributed by atoms with E-state index in [9.17, 15) is 0 Å². The Kier molecular flexibility index (Phi) is 6.73. The normalized spacial score (nSPS) is 23.8. The fourth-order valence-electron chi connectivity index (χ4n) is 2.93. The van der Waals surface area contributed by atoms with Crippen molar-refractivity contribution in [1.82, 2.24) is 15.1 Å². The van der Waals surface area contributed by atoms with Crippen LogP contribution in [0.5, 0.6) is 0 Å². The van der Waals surface area contributed by atoms with Crippen molar-refractivity contribution in [1.29, 1.82) is 0 Å². The van der Waals surface area contributed by atoms with E-state index in [-0.39, 0.29) is 0 Å². The highest BCUT2D eigenvalue weighted by molar-refractivity contribution is 7.98. The number of rotatable bonds is 6. The third-order valence-corrected chi connectivity index (χ3v) is 4.79. The number of likely N-dealkylation sites (tertiary alicyclic amines) is 1. The lowest BCUT2D eigenvalue weighted by molar-refractivity contribution is 0.259. The van der Waals surface area contributed by atoms with E-state index in [2.05, 4.69) is 38.5 Å². The third kappa shape index (κ3) is 4.42. The summed E-state index contributed by atoms with van der Waals surface area (Å²) in [4.78, 5) is 9.42. The van der Waals surface area contributed by atoms with Gasteiger partial charge in [-0.25, -0.2) is 0 Å². The zero-order valence-electron chi connectivity index (χ0n) is 12.8. The van der Waals surface area contributed by atoms with Crippen LogP contribution >= 0.6 is 11.8 Å². The number of guanidine groups is 1. The lowest BCUT2D eigenvalue weighted by Gasteiger charge is -2.25. The summed E-state index contributed by atoms with van der Waals surface area (Å²) in [5, 5.41) is 3.51. The van der Waals surface area contributed by atoms with Gasteiger partial charge in [0.2, 0.25) is 0 Å². The lowest BCUT2D eigenvalue weighted by atomic mass is 10.2. The van der Waals surface area contributed by atoms with E-state index in [1.807, 2.05) is 18.8 Å². The summed E-state index contributed by atoms with van der Waals surface area (Å²) in [6, 6.07) is 0.694. The number of aliphatic imine (C=N–C) groups is 1. The molecule has 1 N–H and O–H groups in total. The predicted octanol–water partition coefficient (Wildman–Crippen LogP) is 1.65. The summed E-state index contributed by atoms with van der Waals surface area (Å²) < 4.78 is 0. The van der Waals surface area contributed by atoms with Gasteiger partial charge in [-0.1, -0.05) is 12.2 Å². The van der Waals surface area contributed by atoms with E-state index in [4.69, 9.17) is 0 Å². The molecular formula is C15H28N4S. The van der Waals surface area contributed by atoms with Gasteiger partial charge in [-0.3, -0.25) is 9.89 Å². The average molecular weight is 296 g/mol. The van der Waals surface area contributed by atoms with Gasteiger partial charge < -0.3 is 10.2 Å². The van der Waals surface area contributed by atoms with Crippen molar-refractivity contribution in [2.45, 2.75) is 25.3 Å². The SMILES string of the molecule is CN=C(NCCCCSC)N1CCC(N2CC=CC2)C1. The summed E-state index contributed by atoms with van der Waals surface area (Å²) in [5.74, 6) is 2.34. The topological polar surface area (TPSA) is 30.9 Å². The minimum absolute atomic E-state index is 0.694. The average Bonchev–Trinajstić information content (AvgIpc) is 3.12. The van der Waals surface area contributed by atoms with Crippen molar-refractivity contribution in [3.63, 3.8) is 0 Å². The fourth-order valence-corrected chi connectivity index (χ4v) is 3.42. The number of hydrogen-bond acceptors (Lipinski definition) is 3. The molecule has 0 saturated carbocycles. The lowest BCUT2D eigenvalue weighted by Crippen LogP contribution is -2.43. The van der Waals surface area contributed by atoms with Crippen LogP contribution in [0.3, 0.4) is 0 Å². The molecule has 0 aliphatic carbocycles. The molecule has 2 aliphatic rings. The van der Waals surface area contributed by atoms with E-state index < -0.39 is 0 Å². The van der Waals surface area contributed by atoms with Gasteiger partial charge in [0.1, 0.15) is 0 Å². The molecular weight excluding hydrogens is 268 g/mol. The Morgan fingerprint density at radius 2 is 2.15 bits per heavy atom. The summed E-state index contributed by atoms with van der Waals surface area (Å²) in [7, 11) is 1.90. The van der Waals surface area contributed by atoms with Crippen LogP contribution in [0.25, 0.3) is 0 Å². The Hall–Kier alpha value is -0.680. The molecule has 0 spiro atoms. The van der Waals surface area contributed by atoms with Crippen LogP contribution in [0.1, 0.15) is 19.3 Å². The number of thioether (sulfide) groups is 1. The summed E-state index contributed by atoms with van der Waals surface area (Å²) in [6.07, 6.45) is 10.5. The Morgan fingerprint density at radius 3 is 2.85 bits per heavy atom. The van der Waals surface area contributed by atoms with E-state index >= 15 is 0 Å². The molecule has 0 aromatic carbocycles. The Morgan fingerprint density at radius 1 is 1.35 bits per heavy atom. The molecule has 0 radical (unpaired) electrons. The quantitative estimate of drug-likeness (QED) is 0.349. The van der Waals surface area contributed by atoms with Crippen molar-refractivity contribution < 1.29 is 0 Å². The van der Waals surface area contributed by atoms with E-state index in [0.29, 0.717) is 6.04 Å². The molecule has 4 nitrogen and oxygen atoms in total.